The highest BCUT2D eigenvalue weighted by Gasteiger charge is 2.41. The fourth-order valence-electron chi connectivity index (χ4n) is 4.56. The molecule has 0 spiro atoms. The van der Waals surface area contributed by atoms with Crippen LogP contribution in [0.1, 0.15) is 31.5 Å². The summed E-state index contributed by atoms with van der Waals surface area (Å²) in [5.41, 5.74) is 2.35. The minimum Gasteiger partial charge on any atom is -0.507 e. The number of rotatable bonds is 4. The summed E-state index contributed by atoms with van der Waals surface area (Å²) in [5.74, 6) is 0.136. The van der Waals surface area contributed by atoms with Crippen LogP contribution in [0.15, 0.2) is 49.7 Å². The van der Waals surface area contributed by atoms with Crippen molar-refractivity contribution in [3.05, 3.63) is 55.5 Å². The molecular formula is C22H23FN6O. The first-order valence-corrected chi connectivity index (χ1v) is 10.2. The summed E-state index contributed by atoms with van der Waals surface area (Å²) in [7, 11) is 0. The zero-order valence-electron chi connectivity index (χ0n) is 16.4. The Kier molecular flexibility index (Phi) is 4.78. The molecule has 2 aromatic heterocycles. The van der Waals surface area contributed by atoms with E-state index in [4.69, 9.17) is 0 Å². The molecule has 2 unspecified atom stereocenters. The lowest BCUT2D eigenvalue weighted by Gasteiger charge is -2.43. The molecule has 4 atom stereocenters. The Balaban J connectivity index is 1.36. The Morgan fingerprint density at radius 2 is 2.17 bits per heavy atom. The van der Waals surface area contributed by atoms with Crippen LogP contribution < -0.4 is 5.32 Å². The van der Waals surface area contributed by atoms with Gasteiger partial charge in [-0.25, -0.2) is 14.4 Å². The van der Waals surface area contributed by atoms with E-state index in [1.165, 1.54) is 0 Å². The number of benzene rings is 1. The van der Waals surface area contributed by atoms with E-state index in [1.807, 2.05) is 6.07 Å². The number of fused-ring (bicyclic) bond motifs is 2. The van der Waals surface area contributed by atoms with E-state index >= 15 is 0 Å². The normalized spacial score (nSPS) is 25.8. The molecule has 2 aliphatic heterocycles. The zero-order chi connectivity index (χ0) is 20.7. The molecule has 7 nitrogen and oxygen atoms in total. The third-order valence-electron chi connectivity index (χ3n) is 6.18. The van der Waals surface area contributed by atoms with Gasteiger partial charge in [0.05, 0.1) is 18.2 Å². The Labute approximate surface area is 173 Å². The standard InChI is InChI=1S/C22H23FN6O/c1-13(17-9-14-3-2-4-18(26-14)21(17)23)22-25-11-19(27-28-22)16-6-5-15(10-20(16)30)29-8-7-24-12-29/h5-8,10-12,14,17-18,21,26,30H,1-4,9H2/t14?,17-,18?,21-/m0/s1. The van der Waals surface area contributed by atoms with Crippen LogP contribution in [0.5, 0.6) is 5.75 Å². The predicted molar refractivity (Wildman–Crippen MR) is 111 cm³/mol. The van der Waals surface area contributed by atoms with Crippen molar-refractivity contribution >= 4 is 5.57 Å². The number of nitrogens with one attached hydrogen (secondary N) is 1. The number of phenols is 1. The van der Waals surface area contributed by atoms with Gasteiger partial charge in [-0.1, -0.05) is 13.0 Å². The number of imidazole rings is 1. The largest absolute Gasteiger partial charge is 0.507 e. The predicted octanol–water partition coefficient (Wildman–Crippen LogP) is 3.31. The number of halogens is 1. The van der Waals surface area contributed by atoms with Gasteiger partial charge in [-0.05, 0) is 37.0 Å². The number of hydrogen-bond donors (Lipinski definition) is 2. The number of nitrogens with zero attached hydrogens (tertiary/aromatic N) is 5. The van der Waals surface area contributed by atoms with Crippen LogP contribution in [-0.2, 0) is 0 Å². The molecule has 0 saturated carbocycles. The highest BCUT2D eigenvalue weighted by Crippen LogP contribution is 2.38. The van der Waals surface area contributed by atoms with Gasteiger partial charge in [-0.15, -0.1) is 10.2 Å². The van der Waals surface area contributed by atoms with Crippen molar-refractivity contribution in [2.75, 3.05) is 0 Å². The van der Waals surface area contributed by atoms with Gasteiger partial charge in [-0.3, -0.25) is 0 Å². The third-order valence-corrected chi connectivity index (χ3v) is 6.18. The van der Waals surface area contributed by atoms with E-state index in [9.17, 15) is 9.50 Å². The number of phenolic OH excluding ortho intramolecular Hbond substituents is 1. The Hall–Kier alpha value is -3.13. The Morgan fingerprint density at radius 3 is 2.90 bits per heavy atom. The fourth-order valence-corrected chi connectivity index (χ4v) is 4.56. The fraction of sp³-hybridized carbons (Fsp3) is 0.364. The molecule has 2 aliphatic rings. The molecule has 0 aliphatic carbocycles. The Bertz CT molecular complexity index is 1050. The van der Waals surface area contributed by atoms with Gasteiger partial charge < -0.3 is 15.0 Å². The average molecular weight is 406 g/mol. The maximum atomic E-state index is 15.0. The summed E-state index contributed by atoms with van der Waals surface area (Å²) in [6.45, 7) is 4.10. The van der Waals surface area contributed by atoms with Gasteiger partial charge in [0.2, 0.25) is 0 Å². The van der Waals surface area contributed by atoms with Crippen LogP contribution in [0, 0.1) is 5.92 Å². The van der Waals surface area contributed by atoms with Crippen molar-refractivity contribution in [3.8, 4) is 22.7 Å². The second-order valence-electron chi connectivity index (χ2n) is 8.05. The number of piperidine rings is 2. The molecule has 3 aromatic rings. The topological polar surface area (TPSA) is 88.8 Å². The van der Waals surface area contributed by atoms with E-state index < -0.39 is 6.17 Å². The summed E-state index contributed by atoms with van der Waals surface area (Å²) in [6.07, 6.45) is 9.38. The smallest absolute Gasteiger partial charge is 0.177 e. The molecule has 30 heavy (non-hydrogen) atoms. The molecule has 154 valence electrons. The molecule has 5 rings (SSSR count). The second kappa shape index (κ2) is 7.60. The van der Waals surface area contributed by atoms with Crippen LogP contribution in [0.25, 0.3) is 22.5 Å². The highest BCUT2D eigenvalue weighted by molar-refractivity contribution is 5.68. The average Bonchev–Trinajstić information content (AvgIpc) is 3.31. The van der Waals surface area contributed by atoms with Gasteiger partial charge >= 0.3 is 0 Å². The number of allylic oxidation sites excluding steroid dienone is 1. The first kappa shape index (κ1) is 18.9. The quantitative estimate of drug-likeness (QED) is 0.691. The van der Waals surface area contributed by atoms with Crippen LogP contribution in [-0.4, -0.2) is 48.1 Å². The summed E-state index contributed by atoms with van der Waals surface area (Å²) >= 11 is 0. The van der Waals surface area contributed by atoms with E-state index in [1.54, 1.807) is 41.6 Å². The molecule has 2 bridgehead atoms. The molecule has 8 heteroatoms. The van der Waals surface area contributed by atoms with Crippen LogP contribution >= 0.6 is 0 Å². The molecule has 2 saturated heterocycles. The second-order valence-corrected chi connectivity index (χ2v) is 8.05. The van der Waals surface area contributed by atoms with Gasteiger partial charge in [0.25, 0.3) is 0 Å². The molecule has 0 radical (unpaired) electrons. The van der Waals surface area contributed by atoms with Crippen molar-refractivity contribution in [1.82, 2.24) is 30.0 Å². The molecule has 1 aromatic carbocycles. The molecule has 4 heterocycles. The van der Waals surface area contributed by atoms with Gasteiger partial charge in [-0.2, -0.15) is 0 Å². The van der Waals surface area contributed by atoms with Crippen LogP contribution in [0.3, 0.4) is 0 Å². The lowest BCUT2D eigenvalue weighted by molar-refractivity contribution is 0.0980. The summed E-state index contributed by atoms with van der Waals surface area (Å²) in [6, 6.07) is 5.46. The highest BCUT2D eigenvalue weighted by atomic mass is 19.1. The van der Waals surface area contributed by atoms with Crippen LogP contribution in [0.4, 0.5) is 4.39 Å². The number of aromatic nitrogens is 5. The molecular weight excluding hydrogens is 383 g/mol. The van der Waals surface area contributed by atoms with Gasteiger partial charge in [0, 0.05) is 42.0 Å². The van der Waals surface area contributed by atoms with E-state index in [0.717, 1.165) is 24.9 Å². The summed E-state index contributed by atoms with van der Waals surface area (Å²) < 4.78 is 16.8. The lowest BCUT2D eigenvalue weighted by Crippen LogP contribution is -2.55. The van der Waals surface area contributed by atoms with E-state index in [0.29, 0.717) is 35.1 Å². The maximum Gasteiger partial charge on any atom is 0.177 e. The monoisotopic (exact) mass is 406 g/mol. The number of hydrogen-bond acceptors (Lipinski definition) is 6. The van der Waals surface area contributed by atoms with Crippen molar-refractivity contribution in [2.24, 2.45) is 5.92 Å². The molecule has 2 fully saturated rings. The van der Waals surface area contributed by atoms with Crippen molar-refractivity contribution in [1.29, 1.82) is 0 Å². The van der Waals surface area contributed by atoms with Crippen molar-refractivity contribution < 1.29 is 9.50 Å². The molecule has 0 amide bonds. The minimum atomic E-state index is -0.989. The SMILES string of the molecule is C=C(c1ncc(-c2ccc(-n3ccnc3)cc2O)nn1)[C@@H]1CC2CCCC(N2)[C@H]1F. The van der Waals surface area contributed by atoms with E-state index in [2.05, 4.69) is 32.1 Å². The van der Waals surface area contributed by atoms with Gasteiger partial charge in [0.1, 0.15) is 17.6 Å². The van der Waals surface area contributed by atoms with Gasteiger partial charge in [0.15, 0.2) is 5.82 Å². The lowest BCUT2D eigenvalue weighted by atomic mass is 9.76. The first-order valence-electron chi connectivity index (χ1n) is 10.2. The van der Waals surface area contributed by atoms with E-state index in [-0.39, 0.29) is 17.7 Å². The molecule has 2 N–H and O–H groups in total. The van der Waals surface area contributed by atoms with Crippen molar-refractivity contribution in [3.63, 3.8) is 0 Å². The first-order chi connectivity index (χ1) is 14.6. The minimum absolute atomic E-state index is 0.0684. The van der Waals surface area contributed by atoms with Crippen molar-refractivity contribution in [2.45, 2.75) is 43.9 Å². The number of aromatic hydroxyl groups is 1. The van der Waals surface area contributed by atoms with Crippen LogP contribution in [0.2, 0.25) is 0 Å². The summed E-state index contributed by atoms with van der Waals surface area (Å²) in [4.78, 5) is 8.39. The number of alkyl halides is 1. The zero-order valence-corrected chi connectivity index (χ0v) is 16.4. The third kappa shape index (κ3) is 3.37. The summed E-state index contributed by atoms with van der Waals surface area (Å²) in [5, 5.41) is 22.3. The maximum absolute atomic E-state index is 15.0. The Morgan fingerprint density at radius 1 is 1.27 bits per heavy atom.